The minimum Gasteiger partial charge on any atom is -0.466 e. The Kier molecular flexibility index (Phi) is 3.96. The average Bonchev–Trinajstić information content (AvgIpc) is 2.81. The van der Waals surface area contributed by atoms with Crippen LogP contribution in [0, 0.1) is 0 Å². The topological polar surface area (TPSA) is 58.6 Å². The molecule has 5 nitrogen and oxygen atoms in total. The molecule has 0 aromatic carbocycles. The third-order valence-corrected chi connectivity index (χ3v) is 4.79. The molecule has 0 fully saturated rings. The molecule has 7 heteroatoms. The Labute approximate surface area is 123 Å². The van der Waals surface area contributed by atoms with Gasteiger partial charge in [0.05, 0.1) is 18.7 Å². The molecule has 0 radical (unpaired) electrons. The first-order chi connectivity index (χ1) is 8.95. The lowest BCUT2D eigenvalue weighted by Crippen LogP contribution is -2.45. The molecule has 0 spiro atoms. The maximum atomic E-state index is 12.0. The summed E-state index contributed by atoms with van der Waals surface area (Å²) >= 11 is 4.84. The summed E-state index contributed by atoms with van der Waals surface area (Å²) in [4.78, 5) is 26.1. The van der Waals surface area contributed by atoms with Gasteiger partial charge in [-0.2, -0.15) is 0 Å². The molecule has 0 bridgehead atoms. The van der Waals surface area contributed by atoms with Crippen LogP contribution in [0.3, 0.4) is 0 Å². The molecule has 102 valence electrons. The quantitative estimate of drug-likeness (QED) is 0.839. The normalized spacial score (nSPS) is 19.5. The van der Waals surface area contributed by atoms with Gasteiger partial charge in [0.25, 0.3) is 0 Å². The van der Waals surface area contributed by atoms with Crippen molar-refractivity contribution in [2.75, 3.05) is 14.2 Å². The third-order valence-electron chi connectivity index (χ3n) is 3.03. The summed E-state index contributed by atoms with van der Waals surface area (Å²) < 4.78 is 5.74. The summed E-state index contributed by atoms with van der Waals surface area (Å²) in [6.45, 7) is 1.74. The first-order valence-corrected chi connectivity index (χ1v) is 7.20. The lowest BCUT2D eigenvalue weighted by molar-refractivity contribution is -0.136. The molecular weight excluding hydrogens is 332 g/mol. The van der Waals surface area contributed by atoms with Crippen LogP contribution in [0.15, 0.2) is 27.2 Å². The molecule has 2 amide bonds. The Hall–Kier alpha value is -1.34. The lowest BCUT2D eigenvalue weighted by Gasteiger charge is -2.32. The minimum absolute atomic E-state index is 0.236. The monoisotopic (exact) mass is 344 g/mol. The van der Waals surface area contributed by atoms with Crippen LogP contribution in [-0.2, 0) is 9.53 Å². The molecule has 1 aliphatic rings. The van der Waals surface area contributed by atoms with E-state index < -0.39 is 12.0 Å². The molecule has 2 rings (SSSR count). The Morgan fingerprint density at radius 1 is 1.58 bits per heavy atom. The lowest BCUT2D eigenvalue weighted by atomic mass is 10.0. The van der Waals surface area contributed by atoms with Gasteiger partial charge < -0.3 is 15.0 Å². The number of hydrogen-bond donors (Lipinski definition) is 1. The summed E-state index contributed by atoms with van der Waals surface area (Å²) in [5.74, 6) is -0.432. The van der Waals surface area contributed by atoms with Crippen LogP contribution >= 0.6 is 27.3 Å². The summed E-state index contributed by atoms with van der Waals surface area (Å²) in [7, 11) is 2.95. The third kappa shape index (κ3) is 2.52. The minimum atomic E-state index is -0.465. The number of carbonyl (C=O) groups excluding carboxylic acids is 2. The summed E-state index contributed by atoms with van der Waals surface area (Å²) in [6.07, 6.45) is 0. The van der Waals surface area contributed by atoms with Crippen LogP contribution in [0.1, 0.15) is 17.8 Å². The maximum Gasteiger partial charge on any atom is 0.338 e. The first-order valence-electron chi connectivity index (χ1n) is 5.53. The number of nitrogens with zero attached hydrogens (tertiary/aromatic N) is 1. The number of halogens is 1. The Morgan fingerprint density at radius 3 is 2.79 bits per heavy atom. The second-order valence-corrected chi connectivity index (χ2v) is 5.96. The number of carbonyl (C=O) groups is 2. The van der Waals surface area contributed by atoms with Crippen molar-refractivity contribution in [3.63, 3.8) is 0 Å². The second-order valence-electron chi connectivity index (χ2n) is 4.10. The smallest absolute Gasteiger partial charge is 0.338 e. The van der Waals surface area contributed by atoms with E-state index in [9.17, 15) is 9.59 Å². The van der Waals surface area contributed by atoms with Crippen LogP contribution < -0.4 is 5.32 Å². The van der Waals surface area contributed by atoms with Gasteiger partial charge in [0.2, 0.25) is 0 Å². The van der Waals surface area contributed by atoms with E-state index in [1.54, 1.807) is 14.0 Å². The van der Waals surface area contributed by atoms with Gasteiger partial charge in [0.15, 0.2) is 0 Å². The first kappa shape index (κ1) is 14.1. The van der Waals surface area contributed by atoms with Gasteiger partial charge >= 0.3 is 12.0 Å². The predicted octanol–water partition coefficient (Wildman–Crippen LogP) is 2.65. The van der Waals surface area contributed by atoms with Gasteiger partial charge in [0.1, 0.15) is 0 Å². The van der Waals surface area contributed by atoms with Crippen molar-refractivity contribution < 1.29 is 14.3 Å². The maximum absolute atomic E-state index is 12.0. The van der Waals surface area contributed by atoms with Gasteiger partial charge in [-0.3, -0.25) is 0 Å². The van der Waals surface area contributed by atoms with Crippen LogP contribution in [0.4, 0.5) is 4.79 Å². The highest BCUT2D eigenvalue weighted by atomic mass is 79.9. The average molecular weight is 345 g/mol. The number of rotatable bonds is 2. The van der Waals surface area contributed by atoms with E-state index in [1.165, 1.54) is 23.3 Å². The van der Waals surface area contributed by atoms with Crippen LogP contribution in [-0.4, -0.2) is 31.1 Å². The number of nitrogens with one attached hydrogen (secondary N) is 1. The van der Waals surface area contributed by atoms with Crippen molar-refractivity contribution in [2.45, 2.75) is 13.0 Å². The molecule has 0 unspecified atom stereocenters. The predicted molar refractivity (Wildman–Crippen MR) is 75.8 cm³/mol. The number of ether oxygens (including phenoxy) is 1. The van der Waals surface area contributed by atoms with Crippen molar-refractivity contribution in [1.29, 1.82) is 0 Å². The van der Waals surface area contributed by atoms with Crippen molar-refractivity contribution >= 4 is 39.3 Å². The zero-order chi connectivity index (χ0) is 14.2. The van der Waals surface area contributed by atoms with E-state index in [0.29, 0.717) is 11.3 Å². The van der Waals surface area contributed by atoms with E-state index in [2.05, 4.69) is 21.2 Å². The summed E-state index contributed by atoms with van der Waals surface area (Å²) in [6, 6.07) is 1.18. The highest BCUT2D eigenvalue weighted by molar-refractivity contribution is 9.10. The Morgan fingerprint density at radius 2 is 2.26 bits per heavy atom. The number of urea groups is 1. The zero-order valence-corrected chi connectivity index (χ0v) is 13.1. The van der Waals surface area contributed by atoms with Crippen molar-refractivity contribution in [2.24, 2.45) is 0 Å². The summed E-state index contributed by atoms with van der Waals surface area (Å²) in [5.41, 5.74) is 1.06. The molecule has 1 N–H and O–H groups in total. The highest BCUT2D eigenvalue weighted by Gasteiger charge is 2.35. The van der Waals surface area contributed by atoms with E-state index >= 15 is 0 Å². The standard InChI is InChI=1S/C12H13BrN2O3S/c1-6-9(11(16)18-3)10(14-12(17)15(6)2)8-4-7(13)5-19-8/h4-5,10H,1-3H3,(H,14,17)/t10-/m0/s1. The fourth-order valence-electron chi connectivity index (χ4n) is 1.90. The fraction of sp³-hybridized carbons (Fsp3) is 0.333. The largest absolute Gasteiger partial charge is 0.466 e. The molecular formula is C12H13BrN2O3S. The van der Waals surface area contributed by atoms with E-state index in [1.807, 2.05) is 11.4 Å². The van der Waals surface area contributed by atoms with Crippen molar-refractivity contribution in [3.8, 4) is 0 Å². The highest BCUT2D eigenvalue weighted by Crippen LogP contribution is 2.34. The molecule has 0 aliphatic carbocycles. The Balaban J connectivity index is 2.51. The number of amides is 2. The molecule has 1 aromatic rings. The summed E-state index contributed by atoms with van der Waals surface area (Å²) in [5, 5.41) is 4.72. The van der Waals surface area contributed by atoms with Crippen molar-refractivity contribution in [1.82, 2.24) is 10.2 Å². The van der Waals surface area contributed by atoms with Crippen molar-refractivity contribution in [3.05, 3.63) is 32.1 Å². The number of hydrogen-bond acceptors (Lipinski definition) is 4. The van der Waals surface area contributed by atoms with Gasteiger partial charge in [0, 0.05) is 27.5 Å². The van der Waals surface area contributed by atoms with E-state index in [0.717, 1.165) is 9.35 Å². The van der Waals surface area contributed by atoms with Crippen LogP contribution in [0.2, 0.25) is 0 Å². The SMILES string of the molecule is COC(=O)C1=C(C)N(C)C(=O)N[C@H]1c1cc(Br)cs1. The van der Waals surface area contributed by atoms with Gasteiger partial charge in [-0.25, -0.2) is 9.59 Å². The molecule has 1 aromatic heterocycles. The molecule has 0 saturated heterocycles. The molecule has 19 heavy (non-hydrogen) atoms. The van der Waals surface area contributed by atoms with Crippen LogP contribution in [0.25, 0.3) is 0 Å². The van der Waals surface area contributed by atoms with Gasteiger partial charge in [-0.15, -0.1) is 11.3 Å². The van der Waals surface area contributed by atoms with Crippen LogP contribution in [0.5, 0.6) is 0 Å². The van der Waals surface area contributed by atoms with E-state index in [-0.39, 0.29) is 6.03 Å². The van der Waals surface area contributed by atoms with Gasteiger partial charge in [-0.1, -0.05) is 0 Å². The number of thiophene rings is 1. The second kappa shape index (κ2) is 5.34. The number of allylic oxidation sites excluding steroid dienone is 1. The van der Waals surface area contributed by atoms with E-state index in [4.69, 9.17) is 4.74 Å². The molecule has 1 atom stereocenters. The fourth-order valence-corrected chi connectivity index (χ4v) is 3.41. The Bertz CT molecular complexity index is 567. The zero-order valence-electron chi connectivity index (χ0n) is 10.7. The molecule has 0 saturated carbocycles. The molecule has 1 aliphatic heterocycles. The number of esters is 1. The van der Waals surface area contributed by atoms with Gasteiger partial charge in [-0.05, 0) is 28.9 Å². The molecule has 2 heterocycles. The number of methoxy groups -OCH3 is 1.